The minimum Gasteiger partial charge on any atom is -0.292 e. The summed E-state index contributed by atoms with van der Waals surface area (Å²) in [6, 6.07) is 4.66. The maximum Gasteiger partial charge on any atom is 0.270 e. The molecule has 0 bridgehead atoms. The number of nitro groups is 2. The Labute approximate surface area is 109 Å². The topological polar surface area (TPSA) is 103 Å². The highest BCUT2D eigenvalue weighted by molar-refractivity contribution is 5.82. The van der Waals surface area contributed by atoms with E-state index < -0.39 is 21.7 Å². The number of hydrogen-bond acceptors (Lipinski definition) is 5. The second-order valence-electron chi connectivity index (χ2n) is 4.10. The van der Waals surface area contributed by atoms with E-state index in [1.54, 1.807) is 19.1 Å². The SMILES string of the molecule is CCC(C(=O)CCc1ccc([N+](=O)[O-])cc1)[N+](=O)[O-]. The molecule has 0 N–H and O–H groups in total. The Bertz CT molecular complexity index is 483. The molecule has 1 unspecified atom stereocenters. The van der Waals surface area contributed by atoms with Gasteiger partial charge < -0.3 is 0 Å². The van der Waals surface area contributed by atoms with E-state index in [4.69, 9.17) is 0 Å². The molecule has 0 aliphatic heterocycles. The summed E-state index contributed by atoms with van der Waals surface area (Å²) in [5.74, 6) is -0.411. The summed E-state index contributed by atoms with van der Waals surface area (Å²) in [5, 5.41) is 21.1. The molecule has 102 valence electrons. The second kappa shape index (κ2) is 6.58. The van der Waals surface area contributed by atoms with Crippen LogP contribution in [0.15, 0.2) is 24.3 Å². The quantitative estimate of drug-likeness (QED) is 0.555. The molecule has 0 amide bonds. The number of aryl methyl sites for hydroxylation is 1. The van der Waals surface area contributed by atoms with Crippen molar-refractivity contribution in [1.29, 1.82) is 0 Å². The van der Waals surface area contributed by atoms with Crippen molar-refractivity contribution in [3.8, 4) is 0 Å². The van der Waals surface area contributed by atoms with Gasteiger partial charge in [0.25, 0.3) is 11.7 Å². The Kier molecular flexibility index (Phi) is 5.11. The molecule has 0 aromatic heterocycles. The zero-order chi connectivity index (χ0) is 14.4. The summed E-state index contributed by atoms with van der Waals surface area (Å²) < 4.78 is 0. The van der Waals surface area contributed by atoms with Crippen molar-refractivity contribution in [3.63, 3.8) is 0 Å². The molecule has 1 rings (SSSR count). The number of Topliss-reactive ketones (excluding diaryl/α,β-unsaturated/α-hetero) is 1. The predicted octanol–water partition coefficient (Wildman–Crippen LogP) is 2.15. The van der Waals surface area contributed by atoms with Gasteiger partial charge >= 0.3 is 0 Å². The van der Waals surface area contributed by atoms with Crippen LogP contribution in [0.5, 0.6) is 0 Å². The third-order valence-electron chi connectivity index (χ3n) is 2.82. The van der Waals surface area contributed by atoms with Crippen LogP contribution in [-0.4, -0.2) is 21.7 Å². The second-order valence-corrected chi connectivity index (χ2v) is 4.10. The van der Waals surface area contributed by atoms with Crippen molar-refractivity contribution < 1.29 is 14.6 Å². The molecular formula is C12H14N2O5. The summed E-state index contributed by atoms with van der Waals surface area (Å²) in [6.07, 6.45) is 0.588. The van der Waals surface area contributed by atoms with Gasteiger partial charge in [-0.3, -0.25) is 25.0 Å². The van der Waals surface area contributed by atoms with E-state index in [2.05, 4.69) is 0 Å². The lowest BCUT2D eigenvalue weighted by Crippen LogP contribution is -2.28. The Morgan fingerprint density at radius 3 is 2.21 bits per heavy atom. The van der Waals surface area contributed by atoms with Gasteiger partial charge in [-0.1, -0.05) is 19.1 Å². The van der Waals surface area contributed by atoms with Crippen LogP contribution in [0, 0.1) is 20.2 Å². The molecule has 0 saturated carbocycles. The van der Waals surface area contributed by atoms with Crippen LogP contribution in [0.3, 0.4) is 0 Å². The zero-order valence-electron chi connectivity index (χ0n) is 10.4. The number of non-ortho nitro benzene ring substituents is 1. The zero-order valence-corrected chi connectivity index (χ0v) is 10.4. The number of rotatable bonds is 7. The Morgan fingerprint density at radius 1 is 1.21 bits per heavy atom. The third kappa shape index (κ3) is 4.13. The van der Waals surface area contributed by atoms with Crippen molar-refractivity contribution in [1.82, 2.24) is 0 Å². The fourth-order valence-corrected chi connectivity index (χ4v) is 1.71. The highest BCUT2D eigenvalue weighted by Gasteiger charge is 2.26. The fraction of sp³-hybridized carbons (Fsp3) is 0.417. The van der Waals surface area contributed by atoms with Gasteiger partial charge in [0.15, 0.2) is 0 Å². The molecule has 0 radical (unpaired) electrons. The molecule has 0 saturated heterocycles. The van der Waals surface area contributed by atoms with Crippen LogP contribution in [0.4, 0.5) is 5.69 Å². The average Bonchev–Trinajstić information content (AvgIpc) is 2.37. The molecule has 7 heteroatoms. The number of benzene rings is 1. The summed E-state index contributed by atoms with van der Waals surface area (Å²) in [5.41, 5.74) is 0.726. The minimum atomic E-state index is -1.15. The summed E-state index contributed by atoms with van der Waals surface area (Å²) in [4.78, 5) is 31.6. The molecule has 0 spiro atoms. The predicted molar refractivity (Wildman–Crippen MR) is 67.5 cm³/mol. The van der Waals surface area contributed by atoms with E-state index in [1.165, 1.54) is 12.1 Å². The van der Waals surface area contributed by atoms with Gasteiger partial charge in [0, 0.05) is 29.9 Å². The molecule has 1 aromatic carbocycles. The molecule has 1 aromatic rings. The van der Waals surface area contributed by atoms with Crippen LogP contribution in [0.25, 0.3) is 0 Å². The smallest absolute Gasteiger partial charge is 0.270 e. The maximum atomic E-state index is 11.6. The molecule has 0 fully saturated rings. The summed E-state index contributed by atoms with van der Waals surface area (Å²) >= 11 is 0. The number of ketones is 1. The number of carbonyl (C=O) groups is 1. The van der Waals surface area contributed by atoms with E-state index in [9.17, 15) is 25.0 Å². The highest BCUT2D eigenvalue weighted by Crippen LogP contribution is 2.14. The van der Waals surface area contributed by atoms with E-state index in [1.807, 2.05) is 0 Å². The van der Waals surface area contributed by atoms with Crippen molar-refractivity contribution in [2.45, 2.75) is 32.2 Å². The first kappa shape index (κ1) is 14.7. The van der Waals surface area contributed by atoms with Crippen LogP contribution in [0.2, 0.25) is 0 Å². The molecule has 7 nitrogen and oxygen atoms in total. The van der Waals surface area contributed by atoms with Gasteiger partial charge in [-0.2, -0.15) is 0 Å². The first-order valence-corrected chi connectivity index (χ1v) is 5.85. The summed E-state index contributed by atoms with van der Waals surface area (Å²) in [6.45, 7) is 1.59. The fourth-order valence-electron chi connectivity index (χ4n) is 1.71. The van der Waals surface area contributed by atoms with Crippen molar-refractivity contribution >= 4 is 11.5 Å². The Morgan fingerprint density at radius 2 is 1.79 bits per heavy atom. The van der Waals surface area contributed by atoms with Gasteiger partial charge in [0.05, 0.1) is 4.92 Å². The van der Waals surface area contributed by atoms with Crippen molar-refractivity contribution in [3.05, 3.63) is 50.1 Å². The standard InChI is InChI=1S/C12H14N2O5/c1-2-11(14(18)19)12(15)8-5-9-3-6-10(7-4-9)13(16)17/h3-4,6-7,11H,2,5,8H2,1H3. The van der Waals surface area contributed by atoms with E-state index in [0.717, 1.165) is 5.56 Å². The average molecular weight is 266 g/mol. The van der Waals surface area contributed by atoms with Gasteiger partial charge in [-0.15, -0.1) is 0 Å². The van der Waals surface area contributed by atoms with Gasteiger partial charge in [-0.05, 0) is 12.0 Å². The number of carbonyl (C=O) groups excluding carboxylic acids is 1. The molecular weight excluding hydrogens is 252 g/mol. The van der Waals surface area contributed by atoms with Gasteiger partial charge in [-0.25, -0.2) is 0 Å². The van der Waals surface area contributed by atoms with E-state index in [-0.39, 0.29) is 18.5 Å². The lowest BCUT2D eigenvalue weighted by atomic mass is 10.0. The number of nitro benzene ring substituents is 1. The van der Waals surface area contributed by atoms with Gasteiger partial charge in [0.2, 0.25) is 5.78 Å². The van der Waals surface area contributed by atoms with E-state index >= 15 is 0 Å². The first-order chi connectivity index (χ1) is 8.95. The number of hydrogen-bond donors (Lipinski definition) is 0. The maximum absolute atomic E-state index is 11.6. The monoisotopic (exact) mass is 266 g/mol. The molecule has 1 atom stereocenters. The lowest BCUT2D eigenvalue weighted by molar-refractivity contribution is -0.507. The Balaban J connectivity index is 2.59. The molecule has 0 aliphatic carbocycles. The van der Waals surface area contributed by atoms with Crippen LogP contribution in [-0.2, 0) is 11.2 Å². The van der Waals surface area contributed by atoms with Crippen LogP contribution in [0.1, 0.15) is 25.3 Å². The van der Waals surface area contributed by atoms with E-state index in [0.29, 0.717) is 6.42 Å². The molecule has 0 aliphatic rings. The number of nitrogens with zero attached hydrogens (tertiary/aromatic N) is 2. The van der Waals surface area contributed by atoms with Crippen molar-refractivity contribution in [2.75, 3.05) is 0 Å². The van der Waals surface area contributed by atoms with Crippen LogP contribution >= 0.6 is 0 Å². The molecule has 19 heavy (non-hydrogen) atoms. The Hall–Kier alpha value is -2.31. The van der Waals surface area contributed by atoms with Crippen LogP contribution < -0.4 is 0 Å². The first-order valence-electron chi connectivity index (χ1n) is 5.85. The third-order valence-corrected chi connectivity index (χ3v) is 2.82. The minimum absolute atomic E-state index is 0.0215. The van der Waals surface area contributed by atoms with Crippen molar-refractivity contribution in [2.24, 2.45) is 0 Å². The lowest BCUT2D eigenvalue weighted by Gasteiger charge is -2.05. The normalized spacial score (nSPS) is 11.8. The summed E-state index contributed by atoms with van der Waals surface area (Å²) in [7, 11) is 0. The largest absolute Gasteiger partial charge is 0.292 e. The highest BCUT2D eigenvalue weighted by atomic mass is 16.6. The molecule has 0 heterocycles. The van der Waals surface area contributed by atoms with Gasteiger partial charge in [0.1, 0.15) is 0 Å².